The van der Waals surface area contributed by atoms with Gasteiger partial charge in [-0.2, -0.15) is 4.31 Å². The van der Waals surface area contributed by atoms with Gasteiger partial charge in [-0.3, -0.25) is 4.79 Å². The summed E-state index contributed by atoms with van der Waals surface area (Å²) < 4.78 is 37.0. The van der Waals surface area contributed by atoms with Crippen LogP contribution >= 0.6 is 0 Å². The SMILES string of the molecule is COC(=O)CN(Cc1ccccc1)S(=O)(=O)c1ccc2oc(=O)ccc2c1. The Kier molecular flexibility index (Phi) is 5.38. The minimum Gasteiger partial charge on any atom is -0.468 e. The third-order valence-corrected chi connectivity index (χ3v) is 5.75. The van der Waals surface area contributed by atoms with Crippen LogP contribution in [0.15, 0.2) is 74.8 Å². The van der Waals surface area contributed by atoms with Gasteiger partial charge in [0.05, 0.1) is 12.0 Å². The van der Waals surface area contributed by atoms with E-state index in [9.17, 15) is 18.0 Å². The molecule has 0 N–H and O–H groups in total. The number of rotatable bonds is 6. The van der Waals surface area contributed by atoms with Gasteiger partial charge >= 0.3 is 11.6 Å². The molecule has 0 aliphatic heterocycles. The Bertz CT molecular complexity index is 1120. The number of fused-ring (bicyclic) bond motifs is 1. The number of hydrogen-bond donors (Lipinski definition) is 0. The summed E-state index contributed by atoms with van der Waals surface area (Å²) in [7, 11) is -2.79. The minimum absolute atomic E-state index is 0.0105. The fourth-order valence-corrected chi connectivity index (χ4v) is 3.99. The summed E-state index contributed by atoms with van der Waals surface area (Å²) in [5.41, 5.74) is 0.496. The molecule has 0 bridgehead atoms. The molecular weight excluding hydrogens is 370 g/mol. The molecule has 2 aromatic carbocycles. The topological polar surface area (TPSA) is 93.9 Å². The Morgan fingerprint density at radius 1 is 1.07 bits per heavy atom. The number of carbonyl (C=O) groups excluding carboxylic acids is 1. The average Bonchev–Trinajstić information content (AvgIpc) is 2.67. The van der Waals surface area contributed by atoms with Crippen molar-refractivity contribution in [3.05, 3.63) is 76.6 Å². The lowest BCUT2D eigenvalue weighted by molar-refractivity contribution is -0.140. The normalized spacial score (nSPS) is 11.6. The van der Waals surface area contributed by atoms with Gasteiger partial charge < -0.3 is 9.15 Å². The summed E-state index contributed by atoms with van der Waals surface area (Å²) in [5.74, 6) is -0.665. The van der Waals surface area contributed by atoms with Crippen LogP contribution in [0, 0.1) is 0 Å². The molecule has 0 amide bonds. The predicted molar refractivity (Wildman–Crippen MR) is 98.5 cm³/mol. The number of benzene rings is 2. The molecular formula is C19H17NO6S. The van der Waals surface area contributed by atoms with Crippen molar-refractivity contribution in [2.45, 2.75) is 11.4 Å². The summed E-state index contributed by atoms with van der Waals surface area (Å²) in [6.07, 6.45) is 0. The van der Waals surface area contributed by atoms with Gasteiger partial charge in [0.25, 0.3) is 0 Å². The van der Waals surface area contributed by atoms with Crippen LogP contribution in [-0.2, 0) is 26.1 Å². The maximum absolute atomic E-state index is 13.1. The van der Waals surface area contributed by atoms with Gasteiger partial charge in [-0.25, -0.2) is 13.2 Å². The molecule has 1 aromatic heterocycles. The van der Waals surface area contributed by atoms with Crippen LogP contribution in [0.2, 0.25) is 0 Å². The average molecular weight is 387 g/mol. The van der Waals surface area contributed by atoms with Crippen molar-refractivity contribution >= 4 is 27.0 Å². The number of methoxy groups -OCH3 is 1. The van der Waals surface area contributed by atoms with E-state index in [2.05, 4.69) is 4.74 Å². The minimum atomic E-state index is -3.99. The molecule has 0 saturated heterocycles. The van der Waals surface area contributed by atoms with Crippen LogP contribution in [0.5, 0.6) is 0 Å². The van der Waals surface area contributed by atoms with Crippen LogP contribution < -0.4 is 5.63 Å². The number of sulfonamides is 1. The highest BCUT2D eigenvalue weighted by atomic mass is 32.2. The van der Waals surface area contributed by atoms with Crippen LogP contribution in [0.4, 0.5) is 0 Å². The summed E-state index contributed by atoms with van der Waals surface area (Å²) >= 11 is 0. The zero-order valence-electron chi connectivity index (χ0n) is 14.5. The highest BCUT2D eigenvalue weighted by Gasteiger charge is 2.27. The molecule has 0 aliphatic carbocycles. The lowest BCUT2D eigenvalue weighted by Crippen LogP contribution is -2.35. The molecule has 0 unspecified atom stereocenters. The zero-order valence-corrected chi connectivity index (χ0v) is 15.3. The number of nitrogens with zero attached hydrogens (tertiary/aromatic N) is 1. The zero-order chi connectivity index (χ0) is 19.4. The number of ether oxygens (including phenoxy) is 1. The van der Waals surface area contributed by atoms with E-state index in [0.717, 1.165) is 9.87 Å². The third kappa shape index (κ3) is 4.24. The molecule has 0 atom stereocenters. The van der Waals surface area contributed by atoms with E-state index in [1.165, 1.54) is 37.4 Å². The second-order valence-corrected chi connectivity index (χ2v) is 7.73. The quantitative estimate of drug-likeness (QED) is 0.475. The van der Waals surface area contributed by atoms with Gasteiger partial charge in [0, 0.05) is 18.0 Å². The monoisotopic (exact) mass is 387 g/mol. The molecule has 27 heavy (non-hydrogen) atoms. The molecule has 7 nitrogen and oxygen atoms in total. The van der Waals surface area contributed by atoms with E-state index >= 15 is 0 Å². The van der Waals surface area contributed by atoms with Crippen molar-refractivity contribution < 1.29 is 22.4 Å². The van der Waals surface area contributed by atoms with Crippen LogP contribution in [0.1, 0.15) is 5.56 Å². The molecule has 0 spiro atoms. The van der Waals surface area contributed by atoms with Gasteiger partial charge in [-0.05, 0) is 29.8 Å². The molecule has 140 valence electrons. The Morgan fingerprint density at radius 3 is 2.52 bits per heavy atom. The maximum Gasteiger partial charge on any atom is 0.336 e. The highest BCUT2D eigenvalue weighted by molar-refractivity contribution is 7.89. The van der Waals surface area contributed by atoms with Crippen molar-refractivity contribution in [3.8, 4) is 0 Å². The first-order chi connectivity index (χ1) is 12.9. The summed E-state index contributed by atoms with van der Waals surface area (Å²) in [5, 5.41) is 0.466. The first kappa shape index (κ1) is 18.8. The van der Waals surface area contributed by atoms with E-state index in [1.807, 2.05) is 6.07 Å². The fourth-order valence-electron chi connectivity index (χ4n) is 2.58. The predicted octanol–water partition coefficient (Wildman–Crippen LogP) is 2.16. The second-order valence-electron chi connectivity index (χ2n) is 5.79. The van der Waals surface area contributed by atoms with E-state index in [4.69, 9.17) is 4.42 Å². The molecule has 3 rings (SSSR count). The molecule has 3 aromatic rings. The van der Waals surface area contributed by atoms with E-state index in [1.54, 1.807) is 24.3 Å². The Morgan fingerprint density at radius 2 is 1.81 bits per heavy atom. The number of carbonyl (C=O) groups is 1. The molecule has 0 radical (unpaired) electrons. The van der Waals surface area contributed by atoms with Crippen molar-refractivity contribution in [2.24, 2.45) is 0 Å². The Hall–Kier alpha value is -2.97. The van der Waals surface area contributed by atoms with Crippen LogP contribution in [0.25, 0.3) is 11.0 Å². The maximum atomic E-state index is 13.1. The number of esters is 1. The Labute approximate surface area is 155 Å². The first-order valence-corrected chi connectivity index (χ1v) is 9.49. The van der Waals surface area contributed by atoms with Crippen molar-refractivity contribution in [1.82, 2.24) is 4.31 Å². The second kappa shape index (κ2) is 7.73. The lowest BCUT2D eigenvalue weighted by atomic mass is 10.2. The fraction of sp³-hybridized carbons (Fsp3) is 0.158. The molecule has 1 heterocycles. The van der Waals surface area contributed by atoms with Crippen LogP contribution in [-0.4, -0.2) is 32.3 Å². The van der Waals surface area contributed by atoms with Crippen molar-refractivity contribution in [2.75, 3.05) is 13.7 Å². The molecule has 0 fully saturated rings. The van der Waals surface area contributed by atoms with Crippen molar-refractivity contribution in [1.29, 1.82) is 0 Å². The van der Waals surface area contributed by atoms with E-state index < -0.39 is 28.2 Å². The van der Waals surface area contributed by atoms with Gasteiger partial charge in [-0.1, -0.05) is 30.3 Å². The lowest BCUT2D eigenvalue weighted by Gasteiger charge is -2.21. The first-order valence-electron chi connectivity index (χ1n) is 8.05. The Balaban J connectivity index is 2.01. The summed E-state index contributed by atoms with van der Waals surface area (Å²) in [6.45, 7) is -0.407. The summed E-state index contributed by atoms with van der Waals surface area (Å²) in [4.78, 5) is 23.0. The van der Waals surface area contributed by atoms with Crippen molar-refractivity contribution in [3.63, 3.8) is 0 Å². The number of hydrogen-bond acceptors (Lipinski definition) is 6. The standard InChI is InChI=1S/C19H17NO6S/c1-25-19(22)13-20(12-14-5-3-2-4-6-14)27(23,24)16-8-9-17-15(11-16)7-10-18(21)26-17/h2-11H,12-13H2,1H3. The largest absolute Gasteiger partial charge is 0.468 e. The summed E-state index contributed by atoms with van der Waals surface area (Å²) in [6, 6.07) is 15.8. The molecule has 8 heteroatoms. The van der Waals surface area contributed by atoms with Gasteiger partial charge in [0.1, 0.15) is 12.1 Å². The van der Waals surface area contributed by atoms with Gasteiger partial charge in [0.15, 0.2) is 0 Å². The van der Waals surface area contributed by atoms with Gasteiger partial charge in [0.2, 0.25) is 10.0 Å². The van der Waals surface area contributed by atoms with Gasteiger partial charge in [-0.15, -0.1) is 0 Å². The van der Waals surface area contributed by atoms with Crippen LogP contribution in [0.3, 0.4) is 0 Å². The molecule has 0 saturated carbocycles. The molecule has 0 aliphatic rings. The highest BCUT2D eigenvalue weighted by Crippen LogP contribution is 2.22. The smallest absolute Gasteiger partial charge is 0.336 e. The van der Waals surface area contributed by atoms with E-state index in [-0.39, 0.29) is 17.0 Å². The van der Waals surface area contributed by atoms with E-state index in [0.29, 0.717) is 5.39 Å². The third-order valence-electron chi connectivity index (χ3n) is 3.96.